The second-order valence-corrected chi connectivity index (χ2v) is 9.59. The van der Waals surface area contributed by atoms with E-state index < -0.39 is 0 Å². The van der Waals surface area contributed by atoms with Crippen LogP contribution in [0.2, 0.25) is 0 Å². The van der Waals surface area contributed by atoms with Gasteiger partial charge in [0.15, 0.2) is 0 Å². The zero-order chi connectivity index (χ0) is 22.4. The smallest absolute Gasteiger partial charge is 0.344 e. The maximum atomic E-state index is 13.0. The van der Waals surface area contributed by atoms with E-state index in [9.17, 15) is 4.79 Å². The van der Waals surface area contributed by atoms with Crippen molar-refractivity contribution < 1.29 is 4.42 Å². The van der Waals surface area contributed by atoms with Crippen molar-refractivity contribution in [3.8, 4) is 0 Å². The van der Waals surface area contributed by atoms with Crippen LogP contribution in [0.4, 0.5) is 5.69 Å². The lowest BCUT2D eigenvalue weighted by Gasteiger charge is -2.33. The molecule has 3 aliphatic heterocycles. The van der Waals surface area contributed by atoms with Crippen molar-refractivity contribution in [1.82, 2.24) is 10.2 Å². The van der Waals surface area contributed by atoms with Crippen molar-refractivity contribution in [2.75, 3.05) is 24.5 Å². The second-order valence-electron chi connectivity index (χ2n) is 9.20. The van der Waals surface area contributed by atoms with Crippen LogP contribution in [-0.2, 0) is 0 Å². The van der Waals surface area contributed by atoms with Crippen LogP contribution >= 0.6 is 11.6 Å². The maximum absolute atomic E-state index is 13.0. The summed E-state index contributed by atoms with van der Waals surface area (Å²) in [6, 6.07) is 8.73. The first-order valence-electron chi connectivity index (χ1n) is 11.4. The molecule has 0 aliphatic carbocycles. The highest BCUT2D eigenvalue weighted by atomic mass is 35.5. The van der Waals surface area contributed by atoms with E-state index in [1.807, 2.05) is 31.3 Å². The van der Waals surface area contributed by atoms with Gasteiger partial charge in [0.25, 0.3) is 0 Å². The van der Waals surface area contributed by atoms with E-state index in [1.165, 1.54) is 0 Å². The molecule has 0 bridgehead atoms. The van der Waals surface area contributed by atoms with Gasteiger partial charge in [-0.05, 0) is 56.2 Å². The van der Waals surface area contributed by atoms with Gasteiger partial charge in [-0.3, -0.25) is 0 Å². The molecule has 1 fully saturated rings. The molecule has 3 atom stereocenters. The Hall–Kier alpha value is -2.57. The molecular formula is C25H29ClN4O2. The second kappa shape index (κ2) is 8.41. The van der Waals surface area contributed by atoms with Gasteiger partial charge in [-0.2, -0.15) is 0 Å². The van der Waals surface area contributed by atoms with E-state index in [-0.39, 0.29) is 17.6 Å². The Morgan fingerprint density at radius 2 is 2.03 bits per heavy atom. The summed E-state index contributed by atoms with van der Waals surface area (Å²) in [4.78, 5) is 21.9. The molecule has 32 heavy (non-hydrogen) atoms. The number of fused-ring (bicyclic) bond motifs is 2. The number of aliphatic imine (C=N–C) groups is 1. The van der Waals surface area contributed by atoms with Crippen molar-refractivity contribution in [2.45, 2.75) is 45.7 Å². The standard InChI is InChI=1S/C25H29ClN4O2/c1-15-4-7-22-17(3)28-24(26)14-30(22)13-21(15)23-10-18-5-6-19(11-20(18)25(31)32-23)29-9-8-27-16(2)12-29/h5-6,10-11,13-16,22,27H,4,7-9,12H2,1-3H3/t15?,16-,22?/m1/s1. The molecule has 3 aliphatic rings. The average Bonchev–Trinajstić information content (AvgIpc) is 2.92. The fourth-order valence-electron chi connectivity index (χ4n) is 5.02. The molecule has 0 radical (unpaired) electrons. The third-order valence-corrected chi connectivity index (χ3v) is 7.02. The molecule has 5 rings (SSSR count). The van der Waals surface area contributed by atoms with Crippen molar-refractivity contribution in [3.05, 3.63) is 58.0 Å². The molecule has 6 nitrogen and oxygen atoms in total. The van der Waals surface area contributed by atoms with Gasteiger partial charge in [-0.25, -0.2) is 9.79 Å². The van der Waals surface area contributed by atoms with E-state index in [4.69, 9.17) is 16.0 Å². The molecule has 2 aromatic rings. The predicted molar refractivity (Wildman–Crippen MR) is 131 cm³/mol. The molecular weight excluding hydrogens is 424 g/mol. The van der Waals surface area contributed by atoms with Gasteiger partial charge in [0.05, 0.1) is 11.4 Å². The minimum Gasteiger partial charge on any atom is -0.423 e. The molecule has 0 saturated carbocycles. The summed E-state index contributed by atoms with van der Waals surface area (Å²) in [6.07, 6.45) is 5.88. The normalized spacial score (nSPS) is 26.2. The monoisotopic (exact) mass is 452 g/mol. The van der Waals surface area contributed by atoms with E-state index in [2.05, 4.69) is 46.2 Å². The summed E-state index contributed by atoms with van der Waals surface area (Å²) < 4.78 is 5.89. The highest BCUT2D eigenvalue weighted by molar-refractivity contribution is 6.30. The van der Waals surface area contributed by atoms with E-state index >= 15 is 0 Å². The lowest BCUT2D eigenvalue weighted by molar-refractivity contribution is 0.413. The summed E-state index contributed by atoms with van der Waals surface area (Å²) >= 11 is 6.23. The highest BCUT2D eigenvalue weighted by Gasteiger charge is 2.29. The van der Waals surface area contributed by atoms with Crippen molar-refractivity contribution in [3.63, 3.8) is 0 Å². The predicted octanol–water partition coefficient (Wildman–Crippen LogP) is 4.54. The third kappa shape index (κ3) is 3.97. The molecule has 2 unspecified atom stereocenters. The molecule has 0 spiro atoms. The summed E-state index contributed by atoms with van der Waals surface area (Å²) in [5, 5.41) is 5.46. The van der Waals surface area contributed by atoms with E-state index in [0.29, 0.717) is 22.3 Å². The number of halogens is 1. The fourth-order valence-corrected chi connectivity index (χ4v) is 5.27. The van der Waals surface area contributed by atoms with Gasteiger partial charge in [-0.1, -0.05) is 24.6 Å². The Morgan fingerprint density at radius 1 is 1.19 bits per heavy atom. The number of nitrogens with one attached hydrogen (secondary N) is 1. The van der Waals surface area contributed by atoms with Gasteiger partial charge < -0.3 is 19.5 Å². The molecule has 1 aromatic heterocycles. The summed E-state index contributed by atoms with van der Waals surface area (Å²) in [6.45, 7) is 9.18. The lowest BCUT2D eigenvalue weighted by atomic mass is 9.93. The largest absolute Gasteiger partial charge is 0.423 e. The van der Waals surface area contributed by atoms with Crippen molar-refractivity contribution in [1.29, 1.82) is 0 Å². The topological polar surface area (TPSA) is 61.1 Å². The Kier molecular flexibility index (Phi) is 5.59. The Morgan fingerprint density at radius 3 is 2.84 bits per heavy atom. The van der Waals surface area contributed by atoms with Crippen LogP contribution in [0.3, 0.4) is 0 Å². The fraction of sp³-hybridized carbons (Fsp3) is 0.440. The summed E-state index contributed by atoms with van der Waals surface area (Å²) in [5.41, 5.74) is 2.80. The van der Waals surface area contributed by atoms with E-state index in [1.54, 1.807) is 0 Å². The number of nitrogens with zero attached hydrogens (tertiary/aromatic N) is 3. The zero-order valence-corrected chi connectivity index (χ0v) is 19.5. The molecule has 1 saturated heterocycles. The quantitative estimate of drug-likeness (QED) is 0.677. The molecule has 1 aromatic carbocycles. The molecule has 1 N–H and O–H groups in total. The third-order valence-electron chi connectivity index (χ3n) is 6.84. The lowest BCUT2D eigenvalue weighted by Crippen LogP contribution is -2.49. The van der Waals surface area contributed by atoms with Gasteiger partial charge in [0.2, 0.25) is 0 Å². The average molecular weight is 453 g/mol. The van der Waals surface area contributed by atoms with Gasteiger partial charge >= 0.3 is 5.63 Å². The van der Waals surface area contributed by atoms with Gasteiger partial charge in [-0.15, -0.1) is 0 Å². The first-order valence-corrected chi connectivity index (χ1v) is 11.7. The minimum absolute atomic E-state index is 0.189. The number of benzene rings is 1. The molecule has 168 valence electrons. The summed E-state index contributed by atoms with van der Waals surface area (Å²) in [7, 11) is 0. The van der Waals surface area contributed by atoms with Gasteiger partial charge in [0, 0.05) is 55.0 Å². The maximum Gasteiger partial charge on any atom is 0.344 e. The number of rotatable bonds is 2. The SMILES string of the molecule is CC1=NC(Cl)=CN2C=C(c3cc4ccc(N5CCN[C@H](C)C5)cc4c(=O)o3)C(C)CCC12. The van der Waals surface area contributed by atoms with Crippen LogP contribution in [0.5, 0.6) is 0 Å². The number of anilines is 1. The molecule has 4 heterocycles. The van der Waals surface area contributed by atoms with Crippen molar-refractivity contribution >= 4 is 39.3 Å². The summed E-state index contributed by atoms with van der Waals surface area (Å²) in [5.74, 6) is 0.881. The van der Waals surface area contributed by atoms with Crippen LogP contribution in [0.1, 0.15) is 39.4 Å². The van der Waals surface area contributed by atoms with E-state index in [0.717, 1.165) is 54.8 Å². The number of hydrogen-bond donors (Lipinski definition) is 1. The van der Waals surface area contributed by atoms with Crippen LogP contribution in [0.25, 0.3) is 16.3 Å². The van der Waals surface area contributed by atoms with Crippen molar-refractivity contribution in [2.24, 2.45) is 10.9 Å². The Labute approximate surface area is 193 Å². The van der Waals surface area contributed by atoms with Crippen LogP contribution in [0.15, 0.2) is 56.0 Å². The first kappa shape index (κ1) is 21.3. The Bertz CT molecular complexity index is 1200. The number of allylic oxidation sites excluding steroid dienone is 1. The highest BCUT2D eigenvalue weighted by Crippen LogP contribution is 2.35. The van der Waals surface area contributed by atoms with Crippen LogP contribution in [0, 0.1) is 5.92 Å². The minimum atomic E-state index is -0.290. The molecule has 0 amide bonds. The molecule has 7 heteroatoms. The first-order chi connectivity index (χ1) is 15.4. The van der Waals surface area contributed by atoms with Gasteiger partial charge in [0.1, 0.15) is 10.9 Å². The number of hydrogen-bond acceptors (Lipinski definition) is 6. The van der Waals surface area contributed by atoms with Crippen LogP contribution in [-0.4, -0.2) is 42.3 Å². The zero-order valence-electron chi connectivity index (χ0n) is 18.8. The van der Waals surface area contributed by atoms with Crippen LogP contribution < -0.4 is 15.8 Å². The number of piperazine rings is 1. The Balaban J connectivity index is 1.53.